The fourth-order valence-corrected chi connectivity index (χ4v) is 0. The van der Waals surface area contributed by atoms with Crippen LogP contribution in [0.25, 0.3) is 0 Å². The first kappa shape index (κ1) is 16.4. The van der Waals surface area contributed by atoms with Gasteiger partial charge >= 0.3 is 0 Å². The van der Waals surface area contributed by atoms with E-state index in [2.05, 4.69) is 13.2 Å². The molecule has 0 aromatic carbocycles. The third-order valence-electron chi connectivity index (χ3n) is 0. The predicted octanol–water partition coefficient (Wildman–Crippen LogP) is -3.38. The Morgan fingerprint density at radius 2 is 1.17 bits per heavy atom. The standard InChI is InChI=1S/C2H7N.C2H4.BrH/c1-3-2;1-2;/h3H,1-2H3;1-2H2;1H. The van der Waals surface area contributed by atoms with Crippen LogP contribution in [-0.4, -0.2) is 14.1 Å². The molecule has 0 fully saturated rings. The molecule has 0 aliphatic carbocycles. The Kier molecular flexibility index (Phi) is 178. The van der Waals surface area contributed by atoms with Gasteiger partial charge in [0.05, 0.1) is 14.1 Å². The number of hydrogen-bond acceptors (Lipinski definition) is 0. The van der Waals surface area contributed by atoms with Crippen LogP contribution in [0.1, 0.15) is 0 Å². The molecule has 0 spiro atoms. The van der Waals surface area contributed by atoms with Gasteiger partial charge in [0.2, 0.25) is 0 Å². The second kappa shape index (κ2) is 65.0. The van der Waals surface area contributed by atoms with Crippen LogP contribution < -0.4 is 22.3 Å². The minimum Gasteiger partial charge on any atom is -1.00 e. The second-order valence-electron chi connectivity index (χ2n) is 0.577. The fourth-order valence-electron chi connectivity index (χ4n) is 0. The first-order valence-corrected chi connectivity index (χ1v) is 1.65. The number of halogens is 1. The molecule has 0 saturated carbocycles. The van der Waals surface area contributed by atoms with Crippen molar-refractivity contribution in [3.63, 3.8) is 0 Å². The van der Waals surface area contributed by atoms with E-state index in [9.17, 15) is 0 Å². The highest BCUT2D eigenvalue weighted by molar-refractivity contribution is 4.22. The van der Waals surface area contributed by atoms with E-state index in [1.807, 2.05) is 19.4 Å². The van der Waals surface area contributed by atoms with E-state index in [1.54, 1.807) is 0 Å². The zero-order valence-corrected chi connectivity index (χ0v) is 5.96. The summed E-state index contributed by atoms with van der Waals surface area (Å²) in [6, 6.07) is 0. The number of nitrogens with two attached hydrogens (primary N) is 1. The summed E-state index contributed by atoms with van der Waals surface area (Å²) in [6.45, 7) is 6.00. The summed E-state index contributed by atoms with van der Waals surface area (Å²) in [4.78, 5) is 0. The molecule has 1 nitrogen and oxygen atoms in total. The molecule has 0 unspecified atom stereocenters. The van der Waals surface area contributed by atoms with E-state index >= 15 is 0 Å². The molecule has 6 heavy (non-hydrogen) atoms. The summed E-state index contributed by atoms with van der Waals surface area (Å²) >= 11 is 0. The molecule has 0 atom stereocenters. The lowest BCUT2D eigenvalue weighted by Crippen LogP contribution is -3.00. The van der Waals surface area contributed by atoms with Crippen molar-refractivity contribution in [3.8, 4) is 0 Å². The number of quaternary nitrogens is 1. The van der Waals surface area contributed by atoms with Gasteiger partial charge in [-0.05, 0) is 0 Å². The van der Waals surface area contributed by atoms with Crippen molar-refractivity contribution < 1.29 is 22.3 Å². The van der Waals surface area contributed by atoms with Gasteiger partial charge in [-0.2, -0.15) is 0 Å². The van der Waals surface area contributed by atoms with Crippen LogP contribution in [0.15, 0.2) is 13.2 Å². The van der Waals surface area contributed by atoms with E-state index in [0.29, 0.717) is 0 Å². The van der Waals surface area contributed by atoms with Gasteiger partial charge in [-0.15, -0.1) is 13.2 Å². The summed E-state index contributed by atoms with van der Waals surface area (Å²) in [5.41, 5.74) is 0. The molecule has 0 aliphatic rings. The number of hydrogen-bond donors (Lipinski definition) is 1. The monoisotopic (exact) mass is 153 g/mol. The quantitative estimate of drug-likeness (QED) is 0.350. The van der Waals surface area contributed by atoms with Crippen LogP contribution in [0, 0.1) is 0 Å². The highest BCUT2D eigenvalue weighted by Gasteiger charge is 1.29. The minimum atomic E-state index is 0. The Hall–Kier alpha value is 0.180. The lowest BCUT2D eigenvalue weighted by atomic mass is 11.3. The smallest absolute Gasteiger partial charge is 0.0647 e. The molecule has 0 aromatic heterocycles. The molecule has 0 aromatic rings. The average Bonchev–Trinajstić information content (AvgIpc) is 1.46. The molecule has 0 aliphatic heterocycles. The zero-order chi connectivity index (χ0) is 4.71. The molecule has 2 heteroatoms. The summed E-state index contributed by atoms with van der Waals surface area (Å²) in [7, 11) is 4.00. The van der Waals surface area contributed by atoms with Crippen molar-refractivity contribution >= 4 is 0 Å². The van der Waals surface area contributed by atoms with Gasteiger partial charge in [-0.25, -0.2) is 0 Å². The molecular formula is C4H12BrN. The predicted molar refractivity (Wildman–Crippen MR) is 25.0 cm³/mol. The first-order chi connectivity index (χ1) is 2.41. The number of rotatable bonds is 0. The molecule has 40 valence electrons. The van der Waals surface area contributed by atoms with Gasteiger partial charge in [-0.1, -0.05) is 0 Å². The maximum atomic E-state index is 3.00. The van der Waals surface area contributed by atoms with Gasteiger partial charge in [0.1, 0.15) is 0 Å². The summed E-state index contributed by atoms with van der Waals surface area (Å²) in [5.74, 6) is 0. The molecule has 2 N–H and O–H groups in total. The molecule has 0 saturated heterocycles. The van der Waals surface area contributed by atoms with Crippen molar-refractivity contribution in [1.29, 1.82) is 0 Å². The van der Waals surface area contributed by atoms with E-state index in [-0.39, 0.29) is 17.0 Å². The third-order valence-corrected chi connectivity index (χ3v) is 0. The van der Waals surface area contributed by atoms with Crippen LogP contribution >= 0.6 is 0 Å². The van der Waals surface area contributed by atoms with Crippen molar-refractivity contribution in [1.82, 2.24) is 0 Å². The summed E-state index contributed by atoms with van der Waals surface area (Å²) in [5, 5.41) is 2.00. The van der Waals surface area contributed by atoms with E-state index in [1.165, 1.54) is 0 Å². The van der Waals surface area contributed by atoms with Gasteiger partial charge in [0, 0.05) is 0 Å². The van der Waals surface area contributed by atoms with Crippen LogP contribution in [0.5, 0.6) is 0 Å². The maximum absolute atomic E-state index is 3.00. The Bertz CT molecular complexity index is 11.5. The topological polar surface area (TPSA) is 16.6 Å². The van der Waals surface area contributed by atoms with Gasteiger partial charge in [0.25, 0.3) is 0 Å². The summed E-state index contributed by atoms with van der Waals surface area (Å²) < 4.78 is 0. The molecule has 0 rings (SSSR count). The maximum Gasteiger partial charge on any atom is 0.0647 e. The lowest BCUT2D eigenvalue weighted by molar-refractivity contribution is -0.597. The SMILES string of the molecule is C=C.C[NH2+]C.[Br-]. The normalized spacial score (nSPS) is 3.67. The zero-order valence-electron chi connectivity index (χ0n) is 4.37. The Labute approximate surface area is 50.2 Å². The molecule has 0 bridgehead atoms. The minimum absolute atomic E-state index is 0. The highest BCUT2D eigenvalue weighted by Crippen LogP contribution is 0.862. The van der Waals surface area contributed by atoms with Crippen molar-refractivity contribution in [3.05, 3.63) is 13.2 Å². The van der Waals surface area contributed by atoms with E-state index in [4.69, 9.17) is 0 Å². The fraction of sp³-hybridized carbons (Fsp3) is 0.500. The Morgan fingerprint density at radius 3 is 1.17 bits per heavy atom. The van der Waals surface area contributed by atoms with E-state index in [0.717, 1.165) is 0 Å². The van der Waals surface area contributed by atoms with Gasteiger partial charge < -0.3 is 22.3 Å². The molecule has 0 heterocycles. The van der Waals surface area contributed by atoms with Crippen LogP contribution in [0.2, 0.25) is 0 Å². The van der Waals surface area contributed by atoms with Gasteiger partial charge in [-0.3, -0.25) is 0 Å². The van der Waals surface area contributed by atoms with Crippen molar-refractivity contribution in [2.75, 3.05) is 14.1 Å². The van der Waals surface area contributed by atoms with Crippen LogP contribution in [0.4, 0.5) is 0 Å². The molecule has 0 radical (unpaired) electrons. The van der Waals surface area contributed by atoms with Gasteiger partial charge in [0.15, 0.2) is 0 Å². The third kappa shape index (κ3) is 1300. The Balaban J connectivity index is -0.0000000275. The average molecular weight is 154 g/mol. The Morgan fingerprint density at radius 1 is 1.17 bits per heavy atom. The van der Waals surface area contributed by atoms with Crippen LogP contribution in [-0.2, 0) is 0 Å². The molecular weight excluding hydrogens is 142 g/mol. The molecule has 0 amide bonds. The van der Waals surface area contributed by atoms with Crippen molar-refractivity contribution in [2.24, 2.45) is 0 Å². The lowest BCUT2D eigenvalue weighted by Gasteiger charge is -1.57. The second-order valence-corrected chi connectivity index (χ2v) is 0.577. The van der Waals surface area contributed by atoms with Crippen molar-refractivity contribution in [2.45, 2.75) is 0 Å². The van der Waals surface area contributed by atoms with E-state index < -0.39 is 0 Å². The first-order valence-electron chi connectivity index (χ1n) is 1.65. The summed E-state index contributed by atoms with van der Waals surface area (Å²) in [6.07, 6.45) is 0. The largest absolute Gasteiger partial charge is 1.00 e. The van der Waals surface area contributed by atoms with Crippen LogP contribution in [0.3, 0.4) is 0 Å². The highest BCUT2D eigenvalue weighted by atomic mass is 79.9.